The van der Waals surface area contributed by atoms with Gasteiger partial charge >= 0.3 is 0 Å². The van der Waals surface area contributed by atoms with Crippen LogP contribution in [-0.4, -0.2) is 21.6 Å². The molecule has 110 valence electrons. The van der Waals surface area contributed by atoms with Gasteiger partial charge in [-0.05, 0) is 29.8 Å². The molecule has 6 heteroatoms. The molecule has 0 fully saturated rings. The van der Waals surface area contributed by atoms with Crippen LogP contribution in [0.3, 0.4) is 0 Å². The van der Waals surface area contributed by atoms with E-state index in [1.54, 1.807) is 30.2 Å². The van der Waals surface area contributed by atoms with E-state index < -0.39 is 0 Å². The first-order valence-electron chi connectivity index (χ1n) is 6.98. The highest BCUT2D eigenvalue weighted by Crippen LogP contribution is 2.37. The highest BCUT2D eigenvalue weighted by atomic mass is 32.2. The van der Waals surface area contributed by atoms with E-state index in [0.717, 1.165) is 32.9 Å². The van der Waals surface area contributed by atoms with Gasteiger partial charge < -0.3 is 16.0 Å². The van der Waals surface area contributed by atoms with Gasteiger partial charge in [0.25, 0.3) is 5.91 Å². The number of nitrogens with two attached hydrogens (primary N) is 1. The molecule has 3 aromatic rings. The Kier molecular flexibility index (Phi) is 3.13. The Morgan fingerprint density at radius 2 is 2.27 bits per heavy atom. The molecule has 1 atom stereocenters. The van der Waals surface area contributed by atoms with Crippen molar-refractivity contribution in [2.24, 2.45) is 5.73 Å². The van der Waals surface area contributed by atoms with Crippen molar-refractivity contribution in [2.45, 2.75) is 10.9 Å². The molecule has 4 N–H and O–H groups in total. The van der Waals surface area contributed by atoms with E-state index in [1.165, 1.54) is 0 Å². The van der Waals surface area contributed by atoms with Gasteiger partial charge in [0.05, 0.1) is 5.69 Å². The summed E-state index contributed by atoms with van der Waals surface area (Å²) in [6, 6.07) is 9.46. The first kappa shape index (κ1) is 13.4. The summed E-state index contributed by atoms with van der Waals surface area (Å²) in [6.45, 7) is 0. The molecule has 3 heterocycles. The van der Waals surface area contributed by atoms with Gasteiger partial charge in [-0.2, -0.15) is 0 Å². The van der Waals surface area contributed by atoms with Gasteiger partial charge in [-0.15, -0.1) is 11.8 Å². The van der Waals surface area contributed by atoms with E-state index in [1.807, 2.05) is 24.3 Å². The number of fused-ring (bicyclic) bond motifs is 2. The Bertz CT molecular complexity index is 873. The zero-order valence-electron chi connectivity index (χ0n) is 11.7. The third-order valence-electron chi connectivity index (χ3n) is 3.80. The van der Waals surface area contributed by atoms with E-state index in [-0.39, 0.29) is 11.9 Å². The van der Waals surface area contributed by atoms with Gasteiger partial charge in [0.2, 0.25) is 0 Å². The van der Waals surface area contributed by atoms with E-state index >= 15 is 0 Å². The van der Waals surface area contributed by atoms with Gasteiger partial charge in [0.15, 0.2) is 0 Å². The van der Waals surface area contributed by atoms with Crippen LogP contribution in [-0.2, 0) is 0 Å². The Labute approximate surface area is 131 Å². The van der Waals surface area contributed by atoms with Gasteiger partial charge in [0.1, 0.15) is 5.65 Å². The molecular formula is C16H14N4OS. The van der Waals surface area contributed by atoms with Crippen molar-refractivity contribution in [3.63, 3.8) is 0 Å². The van der Waals surface area contributed by atoms with Crippen LogP contribution in [0.5, 0.6) is 0 Å². The first-order valence-corrected chi connectivity index (χ1v) is 7.97. The summed E-state index contributed by atoms with van der Waals surface area (Å²) >= 11 is 1.70. The second kappa shape index (κ2) is 5.15. The predicted octanol–water partition coefficient (Wildman–Crippen LogP) is 2.92. The Morgan fingerprint density at radius 3 is 3.18 bits per heavy atom. The lowest BCUT2D eigenvalue weighted by atomic mass is 10.1. The lowest BCUT2D eigenvalue weighted by molar-refractivity contribution is 0.102. The lowest BCUT2D eigenvalue weighted by Crippen LogP contribution is -2.13. The van der Waals surface area contributed by atoms with Crippen molar-refractivity contribution < 1.29 is 4.79 Å². The minimum atomic E-state index is -0.127. The zero-order valence-corrected chi connectivity index (χ0v) is 12.5. The monoisotopic (exact) mass is 310 g/mol. The molecule has 4 rings (SSSR count). The highest BCUT2D eigenvalue weighted by molar-refractivity contribution is 7.99. The smallest absolute Gasteiger partial charge is 0.255 e. The summed E-state index contributed by atoms with van der Waals surface area (Å²) in [5.74, 6) is 0.743. The van der Waals surface area contributed by atoms with Crippen molar-refractivity contribution in [3.8, 4) is 0 Å². The number of nitrogens with zero attached hydrogens (tertiary/aromatic N) is 1. The van der Waals surface area contributed by atoms with Gasteiger partial charge in [-0.3, -0.25) is 4.79 Å². The van der Waals surface area contributed by atoms with Crippen molar-refractivity contribution in [1.29, 1.82) is 0 Å². The number of carbonyl (C=O) groups excluding carboxylic acids is 1. The number of nitrogens with one attached hydrogen (secondary N) is 2. The maximum absolute atomic E-state index is 12.5. The molecule has 1 aliphatic heterocycles. The average molecular weight is 310 g/mol. The van der Waals surface area contributed by atoms with E-state index in [4.69, 9.17) is 5.73 Å². The van der Waals surface area contributed by atoms with Crippen LogP contribution in [0.25, 0.3) is 11.0 Å². The quantitative estimate of drug-likeness (QED) is 0.679. The fourth-order valence-electron chi connectivity index (χ4n) is 2.64. The van der Waals surface area contributed by atoms with Crippen LogP contribution >= 0.6 is 11.8 Å². The van der Waals surface area contributed by atoms with Gasteiger partial charge in [0, 0.05) is 40.0 Å². The number of H-pyrrole nitrogens is 1. The lowest BCUT2D eigenvalue weighted by Gasteiger charge is -2.08. The molecule has 1 aliphatic rings. The van der Waals surface area contributed by atoms with Crippen LogP contribution in [0.15, 0.2) is 47.6 Å². The Balaban J connectivity index is 1.64. The molecular weight excluding hydrogens is 296 g/mol. The van der Waals surface area contributed by atoms with Crippen LogP contribution in [0.1, 0.15) is 22.0 Å². The third-order valence-corrected chi connectivity index (χ3v) is 4.99. The average Bonchev–Trinajstić information content (AvgIpc) is 3.14. The molecule has 1 aromatic carbocycles. The van der Waals surface area contributed by atoms with Crippen LogP contribution in [0, 0.1) is 0 Å². The number of pyridine rings is 1. The zero-order chi connectivity index (χ0) is 15.1. The molecule has 1 unspecified atom stereocenters. The molecule has 0 aliphatic carbocycles. The largest absolute Gasteiger partial charge is 0.346 e. The molecule has 22 heavy (non-hydrogen) atoms. The molecule has 0 radical (unpaired) electrons. The highest BCUT2D eigenvalue weighted by Gasteiger charge is 2.21. The Morgan fingerprint density at radius 1 is 1.36 bits per heavy atom. The van der Waals surface area contributed by atoms with Crippen molar-refractivity contribution in [1.82, 2.24) is 9.97 Å². The molecule has 0 saturated heterocycles. The number of thioether (sulfide) groups is 1. The molecule has 0 bridgehead atoms. The number of aromatic nitrogens is 2. The number of rotatable bonds is 2. The molecule has 0 spiro atoms. The van der Waals surface area contributed by atoms with Crippen LogP contribution in [0.2, 0.25) is 0 Å². The molecule has 1 amide bonds. The van der Waals surface area contributed by atoms with Crippen molar-refractivity contribution >= 4 is 34.4 Å². The van der Waals surface area contributed by atoms with Crippen molar-refractivity contribution in [3.05, 3.63) is 53.9 Å². The number of hydrogen-bond donors (Lipinski definition) is 3. The second-order valence-corrected chi connectivity index (χ2v) is 6.28. The predicted molar refractivity (Wildman–Crippen MR) is 88.1 cm³/mol. The number of hydrogen-bond acceptors (Lipinski definition) is 4. The van der Waals surface area contributed by atoms with Crippen LogP contribution in [0.4, 0.5) is 5.69 Å². The third kappa shape index (κ3) is 2.17. The summed E-state index contributed by atoms with van der Waals surface area (Å²) in [4.78, 5) is 20.8. The standard InChI is InChI=1S/C16H14N4OS/c17-12-8-22-14-7-9(1-2-10(12)14)16(21)20-13-4-6-19-15-11(13)3-5-18-15/h1-7,12H,8,17H2,(H2,18,19,20,21). The van der Waals surface area contributed by atoms with Crippen LogP contribution < -0.4 is 11.1 Å². The van der Waals surface area contributed by atoms with Gasteiger partial charge in [-0.1, -0.05) is 6.07 Å². The van der Waals surface area contributed by atoms with Gasteiger partial charge in [-0.25, -0.2) is 4.98 Å². The fourth-order valence-corrected chi connectivity index (χ4v) is 3.78. The number of benzene rings is 1. The topological polar surface area (TPSA) is 83.8 Å². The fraction of sp³-hybridized carbons (Fsp3) is 0.125. The SMILES string of the molecule is NC1CSc2cc(C(=O)Nc3ccnc4[nH]ccc34)ccc21. The second-order valence-electron chi connectivity index (χ2n) is 5.22. The first-order chi connectivity index (χ1) is 10.7. The van der Waals surface area contributed by atoms with Crippen molar-refractivity contribution in [2.75, 3.05) is 11.1 Å². The van der Waals surface area contributed by atoms with E-state index in [0.29, 0.717) is 5.56 Å². The minimum absolute atomic E-state index is 0.0665. The maximum atomic E-state index is 12.5. The molecule has 2 aromatic heterocycles. The van der Waals surface area contributed by atoms with E-state index in [2.05, 4.69) is 15.3 Å². The number of carbonyl (C=O) groups is 1. The summed E-state index contributed by atoms with van der Waals surface area (Å²) in [7, 11) is 0. The molecule has 5 nitrogen and oxygen atoms in total. The summed E-state index contributed by atoms with van der Waals surface area (Å²) in [6.07, 6.45) is 3.48. The summed E-state index contributed by atoms with van der Waals surface area (Å²) in [5, 5.41) is 3.85. The number of amides is 1. The Hall–Kier alpha value is -2.31. The number of anilines is 1. The maximum Gasteiger partial charge on any atom is 0.255 e. The minimum Gasteiger partial charge on any atom is -0.346 e. The summed E-state index contributed by atoms with van der Waals surface area (Å²) < 4.78 is 0. The normalized spacial score (nSPS) is 16.7. The van der Waals surface area contributed by atoms with E-state index in [9.17, 15) is 4.79 Å². The molecule has 0 saturated carbocycles. The summed E-state index contributed by atoms with van der Waals surface area (Å²) in [5.41, 5.74) is 9.29. The number of aromatic amines is 1.